The molecule has 1 amide bonds. The Bertz CT molecular complexity index is 262. The molecule has 0 spiro atoms. The van der Waals surface area contributed by atoms with E-state index in [0.717, 1.165) is 19.0 Å². The van der Waals surface area contributed by atoms with Crippen LogP contribution in [-0.2, 0) is 9.53 Å². The van der Waals surface area contributed by atoms with Gasteiger partial charge in [0.05, 0.1) is 19.1 Å². The van der Waals surface area contributed by atoms with Gasteiger partial charge in [0.15, 0.2) is 0 Å². The molecule has 0 radical (unpaired) electrons. The van der Waals surface area contributed by atoms with E-state index in [1.165, 1.54) is 19.3 Å². The van der Waals surface area contributed by atoms with Gasteiger partial charge in [0.25, 0.3) is 0 Å². The van der Waals surface area contributed by atoms with Crippen LogP contribution in [0.25, 0.3) is 0 Å². The second kappa shape index (κ2) is 5.83. The molecule has 2 fully saturated rings. The van der Waals surface area contributed by atoms with Gasteiger partial charge >= 0.3 is 0 Å². The number of likely N-dealkylation sites (tertiary alicyclic amines) is 1. The van der Waals surface area contributed by atoms with Crippen molar-refractivity contribution in [2.45, 2.75) is 32.2 Å². The van der Waals surface area contributed by atoms with Gasteiger partial charge in [-0.15, -0.1) is 0 Å². The van der Waals surface area contributed by atoms with Crippen molar-refractivity contribution in [1.82, 2.24) is 10.2 Å². The van der Waals surface area contributed by atoms with E-state index in [1.54, 1.807) is 0 Å². The lowest BCUT2D eigenvalue weighted by Gasteiger charge is -2.34. The second-order valence-electron chi connectivity index (χ2n) is 5.22. The minimum absolute atomic E-state index is 0.0261. The van der Waals surface area contributed by atoms with Crippen LogP contribution in [0, 0.1) is 11.8 Å². The molecule has 17 heavy (non-hydrogen) atoms. The third-order valence-electron chi connectivity index (χ3n) is 4.27. The Labute approximate surface area is 104 Å². The molecule has 98 valence electrons. The van der Waals surface area contributed by atoms with Gasteiger partial charge < -0.3 is 15.0 Å². The topological polar surface area (TPSA) is 41.6 Å². The van der Waals surface area contributed by atoms with Crippen LogP contribution in [-0.4, -0.2) is 50.2 Å². The highest BCUT2D eigenvalue weighted by atomic mass is 16.5. The summed E-state index contributed by atoms with van der Waals surface area (Å²) >= 11 is 0. The average Bonchev–Trinajstić information content (AvgIpc) is 2.86. The van der Waals surface area contributed by atoms with Gasteiger partial charge in [-0.3, -0.25) is 4.79 Å². The van der Waals surface area contributed by atoms with Gasteiger partial charge in [-0.05, 0) is 25.8 Å². The molecular weight excluding hydrogens is 216 g/mol. The molecule has 0 aromatic rings. The molecule has 1 N–H and O–H groups in total. The monoisotopic (exact) mass is 240 g/mol. The highest BCUT2D eigenvalue weighted by Gasteiger charge is 2.36. The normalized spacial score (nSPS) is 30.8. The van der Waals surface area contributed by atoms with Crippen molar-refractivity contribution in [3.05, 3.63) is 0 Å². The van der Waals surface area contributed by atoms with Crippen molar-refractivity contribution in [3.63, 3.8) is 0 Å². The van der Waals surface area contributed by atoms with Crippen LogP contribution < -0.4 is 5.32 Å². The van der Waals surface area contributed by atoms with Crippen molar-refractivity contribution in [3.8, 4) is 0 Å². The number of ether oxygens (including phenoxy) is 1. The van der Waals surface area contributed by atoms with Gasteiger partial charge in [-0.1, -0.05) is 13.3 Å². The number of rotatable bonds is 3. The number of amides is 1. The molecule has 2 aliphatic rings. The summed E-state index contributed by atoms with van der Waals surface area (Å²) in [7, 11) is 1.91. The van der Waals surface area contributed by atoms with Crippen LogP contribution in [0.2, 0.25) is 0 Å². The van der Waals surface area contributed by atoms with E-state index >= 15 is 0 Å². The van der Waals surface area contributed by atoms with E-state index in [0.29, 0.717) is 13.2 Å². The van der Waals surface area contributed by atoms with Crippen LogP contribution in [0.15, 0.2) is 0 Å². The average molecular weight is 240 g/mol. The molecule has 0 aromatic carbocycles. The van der Waals surface area contributed by atoms with E-state index in [4.69, 9.17) is 4.74 Å². The lowest BCUT2D eigenvalue weighted by Crippen LogP contribution is -2.47. The standard InChI is InChI=1S/C13H24N2O2/c1-3-10-4-6-15(7-5-10)13(16)11-8-17-9-12(11)14-2/h10-12,14H,3-9H2,1-2H3. The highest BCUT2D eigenvalue weighted by Crippen LogP contribution is 2.23. The lowest BCUT2D eigenvalue weighted by atomic mass is 9.93. The van der Waals surface area contributed by atoms with Crippen molar-refractivity contribution < 1.29 is 9.53 Å². The van der Waals surface area contributed by atoms with Gasteiger partial charge in [0.1, 0.15) is 0 Å². The van der Waals surface area contributed by atoms with Crippen LogP contribution in [0.4, 0.5) is 0 Å². The van der Waals surface area contributed by atoms with Crippen molar-refractivity contribution in [2.75, 3.05) is 33.4 Å². The summed E-state index contributed by atoms with van der Waals surface area (Å²) < 4.78 is 5.40. The molecule has 0 aliphatic carbocycles. The minimum Gasteiger partial charge on any atom is -0.379 e. The Balaban J connectivity index is 1.88. The van der Waals surface area contributed by atoms with Gasteiger partial charge in [-0.25, -0.2) is 0 Å². The summed E-state index contributed by atoms with van der Waals surface area (Å²) in [6.45, 7) is 5.36. The molecule has 0 saturated carbocycles. The summed E-state index contributed by atoms with van der Waals surface area (Å²) in [5.74, 6) is 1.13. The van der Waals surface area contributed by atoms with E-state index in [-0.39, 0.29) is 17.9 Å². The Hall–Kier alpha value is -0.610. The molecule has 2 saturated heterocycles. The molecule has 2 aliphatic heterocycles. The summed E-state index contributed by atoms with van der Waals surface area (Å²) in [4.78, 5) is 14.4. The molecule has 0 bridgehead atoms. The number of hydrogen-bond donors (Lipinski definition) is 1. The zero-order chi connectivity index (χ0) is 12.3. The van der Waals surface area contributed by atoms with Crippen LogP contribution in [0.5, 0.6) is 0 Å². The summed E-state index contributed by atoms with van der Waals surface area (Å²) in [6, 6.07) is 0.200. The maximum Gasteiger partial charge on any atom is 0.229 e. The second-order valence-corrected chi connectivity index (χ2v) is 5.22. The summed E-state index contributed by atoms with van der Waals surface area (Å²) in [6.07, 6.45) is 3.58. The van der Waals surface area contributed by atoms with Crippen LogP contribution >= 0.6 is 0 Å². The molecule has 4 nitrogen and oxygen atoms in total. The molecule has 2 rings (SSSR count). The van der Waals surface area contributed by atoms with Gasteiger partial charge in [0, 0.05) is 19.1 Å². The highest BCUT2D eigenvalue weighted by molar-refractivity contribution is 5.80. The third kappa shape index (κ3) is 2.80. The first-order chi connectivity index (χ1) is 8.26. The molecule has 0 aromatic heterocycles. The Morgan fingerprint density at radius 2 is 2.06 bits per heavy atom. The van der Waals surface area contributed by atoms with E-state index in [2.05, 4.69) is 12.2 Å². The van der Waals surface area contributed by atoms with Crippen molar-refractivity contribution >= 4 is 5.91 Å². The van der Waals surface area contributed by atoms with Crippen molar-refractivity contribution in [2.24, 2.45) is 11.8 Å². The summed E-state index contributed by atoms with van der Waals surface area (Å²) in [5, 5.41) is 3.18. The van der Waals surface area contributed by atoms with Crippen LogP contribution in [0.1, 0.15) is 26.2 Å². The predicted molar refractivity (Wildman–Crippen MR) is 66.8 cm³/mol. The quantitative estimate of drug-likeness (QED) is 0.796. The Morgan fingerprint density at radius 3 is 2.65 bits per heavy atom. The maximum atomic E-state index is 12.4. The van der Waals surface area contributed by atoms with Gasteiger partial charge in [-0.2, -0.15) is 0 Å². The van der Waals surface area contributed by atoms with E-state index < -0.39 is 0 Å². The first-order valence-electron chi connectivity index (χ1n) is 6.80. The van der Waals surface area contributed by atoms with E-state index in [1.807, 2.05) is 11.9 Å². The molecule has 2 heterocycles. The first kappa shape index (κ1) is 12.8. The first-order valence-corrected chi connectivity index (χ1v) is 6.80. The molecule has 2 atom stereocenters. The fraction of sp³-hybridized carbons (Fsp3) is 0.923. The van der Waals surface area contributed by atoms with Gasteiger partial charge in [0.2, 0.25) is 5.91 Å². The fourth-order valence-corrected chi connectivity index (χ4v) is 2.88. The molecule has 2 unspecified atom stereocenters. The zero-order valence-corrected chi connectivity index (χ0v) is 10.9. The number of piperidine rings is 1. The molecule has 4 heteroatoms. The lowest BCUT2D eigenvalue weighted by molar-refractivity contribution is -0.137. The smallest absolute Gasteiger partial charge is 0.229 e. The number of likely N-dealkylation sites (N-methyl/N-ethyl adjacent to an activating group) is 1. The number of nitrogens with zero attached hydrogens (tertiary/aromatic N) is 1. The summed E-state index contributed by atoms with van der Waals surface area (Å²) in [5.41, 5.74) is 0. The largest absolute Gasteiger partial charge is 0.379 e. The Morgan fingerprint density at radius 1 is 1.35 bits per heavy atom. The molecular formula is C13H24N2O2. The number of carbonyl (C=O) groups is 1. The fourth-order valence-electron chi connectivity index (χ4n) is 2.88. The predicted octanol–water partition coefficient (Wildman–Crippen LogP) is 0.869. The Kier molecular flexibility index (Phi) is 4.40. The minimum atomic E-state index is 0.0261. The van der Waals surface area contributed by atoms with Crippen LogP contribution in [0.3, 0.4) is 0 Å². The maximum absolute atomic E-state index is 12.4. The number of carbonyl (C=O) groups excluding carboxylic acids is 1. The number of nitrogens with one attached hydrogen (secondary N) is 1. The number of hydrogen-bond acceptors (Lipinski definition) is 3. The zero-order valence-electron chi connectivity index (χ0n) is 10.9. The van der Waals surface area contributed by atoms with Crippen molar-refractivity contribution in [1.29, 1.82) is 0 Å². The van der Waals surface area contributed by atoms with E-state index in [9.17, 15) is 4.79 Å². The SMILES string of the molecule is CCC1CCN(C(=O)C2COCC2NC)CC1. The third-order valence-corrected chi connectivity index (χ3v) is 4.27.